The molecule has 0 aliphatic heterocycles. The maximum absolute atomic E-state index is 13.2. The topological polar surface area (TPSA) is 43.1 Å². The molecule has 0 aliphatic rings. The van der Waals surface area contributed by atoms with Crippen molar-refractivity contribution in [1.29, 1.82) is 0 Å². The Balaban J connectivity index is 2.62. The summed E-state index contributed by atoms with van der Waals surface area (Å²) < 4.78 is 13.2. The average molecular weight is 271 g/mol. The van der Waals surface area contributed by atoms with Gasteiger partial charge in [0.25, 0.3) is 0 Å². The van der Waals surface area contributed by atoms with Crippen molar-refractivity contribution in [2.75, 3.05) is 5.73 Å². The number of carbonyl (C=O) groups is 1. The standard InChI is InChI=1S/C17H18FNO/c1-9-7-10(2)12(4)16(11(9)3)17(20)13-5-6-14(18)15(19)8-13/h5-8H,19H2,1-4H3. The number of carbonyl (C=O) groups excluding carboxylic acids is 1. The molecule has 0 unspecified atom stereocenters. The lowest BCUT2D eigenvalue weighted by Crippen LogP contribution is -2.09. The molecule has 2 nitrogen and oxygen atoms in total. The molecular formula is C17H18FNO. The van der Waals surface area contributed by atoms with Crippen molar-refractivity contribution in [3.8, 4) is 0 Å². The monoisotopic (exact) mass is 271 g/mol. The third-order valence-electron chi connectivity index (χ3n) is 3.85. The van der Waals surface area contributed by atoms with Crippen molar-refractivity contribution in [2.24, 2.45) is 0 Å². The van der Waals surface area contributed by atoms with E-state index in [1.165, 1.54) is 18.2 Å². The van der Waals surface area contributed by atoms with Gasteiger partial charge in [0, 0.05) is 11.1 Å². The second-order valence-electron chi connectivity index (χ2n) is 5.20. The number of aryl methyl sites for hydroxylation is 2. The first-order valence-electron chi connectivity index (χ1n) is 6.50. The third kappa shape index (κ3) is 2.31. The van der Waals surface area contributed by atoms with Crippen LogP contribution in [0.15, 0.2) is 24.3 Å². The van der Waals surface area contributed by atoms with Gasteiger partial charge in [0.05, 0.1) is 5.69 Å². The molecular weight excluding hydrogens is 253 g/mol. The third-order valence-corrected chi connectivity index (χ3v) is 3.85. The summed E-state index contributed by atoms with van der Waals surface area (Å²) in [4.78, 5) is 12.7. The van der Waals surface area contributed by atoms with Gasteiger partial charge in [-0.25, -0.2) is 4.39 Å². The number of ketones is 1. The summed E-state index contributed by atoms with van der Waals surface area (Å²) in [5.41, 5.74) is 10.7. The molecule has 0 spiro atoms. The first-order valence-corrected chi connectivity index (χ1v) is 6.50. The largest absolute Gasteiger partial charge is 0.396 e. The van der Waals surface area contributed by atoms with Gasteiger partial charge >= 0.3 is 0 Å². The molecule has 0 amide bonds. The molecule has 104 valence electrons. The van der Waals surface area contributed by atoms with E-state index in [0.29, 0.717) is 11.1 Å². The van der Waals surface area contributed by atoms with E-state index in [0.717, 1.165) is 22.3 Å². The Morgan fingerprint density at radius 3 is 2.05 bits per heavy atom. The van der Waals surface area contributed by atoms with E-state index in [1.807, 2.05) is 27.7 Å². The molecule has 0 heterocycles. The van der Waals surface area contributed by atoms with Gasteiger partial charge in [-0.15, -0.1) is 0 Å². The Morgan fingerprint density at radius 1 is 1.00 bits per heavy atom. The average Bonchev–Trinajstić information content (AvgIpc) is 2.40. The Bertz CT molecular complexity index is 678. The fraction of sp³-hybridized carbons (Fsp3) is 0.235. The number of halogens is 1. The lowest BCUT2D eigenvalue weighted by molar-refractivity contribution is 0.103. The van der Waals surface area contributed by atoms with Crippen molar-refractivity contribution in [3.63, 3.8) is 0 Å². The zero-order valence-electron chi connectivity index (χ0n) is 12.2. The van der Waals surface area contributed by atoms with E-state index < -0.39 is 5.82 Å². The Morgan fingerprint density at radius 2 is 1.55 bits per heavy atom. The van der Waals surface area contributed by atoms with Crippen molar-refractivity contribution < 1.29 is 9.18 Å². The van der Waals surface area contributed by atoms with Crippen LogP contribution in [-0.2, 0) is 0 Å². The highest BCUT2D eigenvalue weighted by atomic mass is 19.1. The Labute approximate surface area is 118 Å². The van der Waals surface area contributed by atoms with Gasteiger partial charge in [-0.05, 0) is 68.1 Å². The van der Waals surface area contributed by atoms with Crippen molar-refractivity contribution in [1.82, 2.24) is 0 Å². The number of nitrogens with two attached hydrogens (primary N) is 1. The molecule has 2 aromatic rings. The van der Waals surface area contributed by atoms with Crippen LogP contribution in [0, 0.1) is 33.5 Å². The molecule has 0 radical (unpaired) electrons. The van der Waals surface area contributed by atoms with Crippen molar-refractivity contribution in [3.05, 3.63) is 63.5 Å². The Kier molecular flexibility index (Phi) is 3.62. The molecule has 2 rings (SSSR count). The van der Waals surface area contributed by atoms with Crippen LogP contribution in [0.4, 0.5) is 10.1 Å². The summed E-state index contributed by atoms with van der Waals surface area (Å²) >= 11 is 0. The second-order valence-corrected chi connectivity index (χ2v) is 5.20. The summed E-state index contributed by atoms with van der Waals surface area (Å²) in [7, 11) is 0. The van der Waals surface area contributed by atoms with Crippen LogP contribution in [0.3, 0.4) is 0 Å². The van der Waals surface area contributed by atoms with E-state index in [4.69, 9.17) is 5.73 Å². The van der Waals surface area contributed by atoms with Crippen LogP contribution >= 0.6 is 0 Å². The van der Waals surface area contributed by atoms with Crippen LogP contribution < -0.4 is 5.73 Å². The minimum Gasteiger partial charge on any atom is -0.396 e. The van der Waals surface area contributed by atoms with Gasteiger partial charge in [-0.1, -0.05) is 6.07 Å². The van der Waals surface area contributed by atoms with E-state index in [2.05, 4.69) is 6.07 Å². The highest BCUT2D eigenvalue weighted by molar-refractivity contribution is 6.11. The highest BCUT2D eigenvalue weighted by Gasteiger charge is 2.18. The lowest BCUT2D eigenvalue weighted by Gasteiger charge is -2.14. The number of hydrogen-bond acceptors (Lipinski definition) is 2. The predicted molar refractivity (Wildman–Crippen MR) is 79.6 cm³/mol. The van der Waals surface area contributed by atoms with Gasteiger partial charge in [0.2, 0.25) is 0 Å². The number of benzene rings is 2. The van der Waals surface area contributed by atoms with Crippen LogP contribution in [0.1, 0.15) is 38.2 Å². The smallest absolute Gasteiger partial charge is 0.193 e. The molecule has 0 aliphatic carbocycles. The van der Waals surface area contributed by atoms with Crippen LogP contribution in [0.2, 0.25) is 0 Å². The number of hydrogen-bond donors (Lipinski definition) is 1. The molecule has 3 heteroatoms. The summed E-state index contributed by atoms with van der Waals surface area (Å²) in [5.74, 6) is -0.617. The predicted octanol–water partition coefficient (Wildman–Crippen LogP) is 3.87. The summed E-state index contributed by atoms with van der Waals surface area (Å²) in [6.07, 6.45) is 0. The minimum absolute atomic E-state index is 0.00414. The molecule has 0 saturated heterocycles. The van der Waals surface area contributed by atoms with Gasteiger partial charge < -0.3 is 5.73 Å². The van der Waals surface area contributed by atoms with Gasteiger partial charge in [0.1, 0.15) is 5.82 Å². The van der Waals surface area contributed by atoms with Crippen molar-refractivity contribution in [2.45, 2.75) is 27.7 Å². The summed E-state index contributed by atoms with van der Waals surface area (Å²) in [6.45, 7) is 7.83. The van der Waals surface area contributed by atoms with E-state index in [-0.39, 0.29) is 11.5 Å². The van der Waals surface area contributed by atoms with Gasteiger partial charge in [0.15, 0.2) is 5.78 Å². The maximum Gasteiger partial charge on any atom is 0.193 e. The molecule has 20 heavy (non-hydrogen) atoms. The summed E-state index contributed by atoms with van der Waals surface area (Å²) in [5, 5.41) is 0. The van der Waals surface area contributed by atoms with Gasteiger partial charge in [-0.2, -0.15) is 0 Å². The minimum atomic E-state index is -0.504. The first-order chi connectivity index (χ1) is 9.32. The first kappa shape index (κ1) is 14.3. The number of nitrogen functional groups attached to an aromatic ring is 1. The number of rotatable bonds is 2. The zero-order chi connectivity index (χ0) is 15.0. The molecule has 2 N–H and O–H groups in total. The molecule has 2 aromatic carbocycles. The molecule has 0 bridgehead atoms. The molecule has 0 fully saturated rings. The zero-order valence-corrected chi connectivity index (χ0v) is 12.2. The van der Waals surface area contributed by atoms with Crippen LogP contribution in [-0.4, -0.2) is 5.78 Å². The highest BCUT2D eigenvalue weighted by Crippen LogP contribution is 2.25. The lowest BCUT2D eigenvalue weighted by atomic mass is 9.89. The summed E-state index contributed by atoms with van der Waals surface area (Å²) in [6, 6.07) is 6.18. The quantitative estimate of drug-likeness (QED) is 0.665. The second kappa shape index (κ2) is 5.08. The normalized spacial score (nSPS) is 10.7. The maximum atomic E-state index is 13.2. The fourth-order valence-electron chi connectivity index (χ4n) is 2.39. The van der Waals surface area contributed by atoms with Crippen molar-refractivity contribution >= 4 is 11.5 Å². The molecule has 0 aromatic heterocycles. The number of anilines is 1. The van der Waals surface area contributed by atoms with Crippen LogP contribution in [0.5, 0.6) is 0 Å². The molecule has 0 atom stereocenters. The molecule has 0 saturated carbocycles. The van der Waals surface area contributed by atoms with Crippen LogP contribution in [0.25, 0.3) is 0 Å². The fourth-order valence-corrected chi connectivity index (χ4v) is 2.39. The SMILES string of the molecule is Cc1cc(C)c(C)c(C(=O)c2ccc(F)c(N)c2)c1C. The van der Waals surface area contributed by atoms with Gasteiger partial charge in [-0.3, -0.25) is 4.79 Å². The van der Waals surface area contributed by atoms with E-state index in [9.17, 15) is 9.18 Å². The van der Waals surface area contributed by atoms with E-state index in [1.54, 1.807) is 0 Å². The Hall–Kier alpha value is -2.16. The van der Waals surface area contributed by atoms with E-state index >= 15 is 0 Å².